The Morgan fingerprint density at radius 1 is 2.00 bits per heavy atom. The van der Waals surface area contributed by atoms with Crippen LogP contribution >= 0.6 is 0 Å². The minimum Gasteiger partial charge on any atom is -0.362 e. The van der Waals surface area contributed by atoms with Crippen LogP contribution in [0.2, 0.25) is 0 Å². The average molecular weight is 85.1 g/mol. The molecular weight excluding hydrogens is 78.0 g/mol. The molecule has 0 amide bonds. The lowest BCUT2D eigenvalue weighted by molar-refractivity contribution is 0.209. The van der Waals surface area contributed by atoms with Gasteiger partial charge in [0.25, 0.3) is 0 Å². The van der Waals surface area contributed by atoms with Crippen molar-refractivity contribution in [3.63, 3.8) is 0 Å². The van der Waals surface area contributed by atoms with Crippen molar-refractivity contribution in [1.82, 2.24) is 0 Å². The number of ether oxygens (including phenoxy) is 1. The van der Waals surface area contributed by atoms with Crippen molar-refractivity contribution in [1.29, 1.82) is 0 Å². The molecular formula is C4H7NO. The smallest absolute Gasteiger partial charge is 0.146 e. The molecule has 0 spiro atoms. The number of hydrogen-bond donors (Lipinski definition) is 0. The van der Waals surface area contributed by atoms with Crippen molar-refractivity contribution in [2.24, 2.45) is 4.99 Å². The molecule has 0 aromatic heterocycles. The third-order valence-electron chi connectivity index (χ3n) is 0.305. The summed E-state index contributed by atoms with van der Waals surface area (Å²) in [5.41, 5.74) is 0. The molecule has 2 nitrogen and oxygen atoms in total. The fraction of sp³-hybridized carbons (Fsp3) is 0.500. The lowest BCUT2D eigenvalue weighted by Gasteiger charge is -1.79. The van der Waals surface area contributed by atoms with Crippen LogP contribution in [0.1, 0.15) is 0 Å². The van der Waals surface area contributed by atoms with Crippen LogP contribution in [0.3, 0.4) is 0 Å². The van der Waals surface area contributed by atoms with Crippen molar-refractivity contribution >= 4 is 5.87 Å². The number of aliphatic imine (C=N–C) groups is 1. The van der Waals surface area contributed by atoms with Gasteiger partial charge in [-0.05, 0) is 12.4 Å². The zero-order valence-corrected chi connectivity index (χ0v) is 3.77. The Morgan fingerprint density at radius 2 is 2.67 bits per heavy atom. The standard InChI is InChI=1S/C4H7NO/c1-3-5-4-6-2/h1,4H2,2H3. The van der Waals surface area contributed by atoms with E-state index in [0.717, 1.165) is 0 Å². The third-order valence-corrected chi connectivity index (χ3v) is 0.305. The van der Waals surface area contributed by atoms with E-state index >= 15 is 0 Å². The zero-order chi connectivity index (χ0) is 4.83. The summed E-state index contributed by atoms with van der Waals surface area (Å²) in [7, 11) is 1.57. The normalized spacial score (nSPS) is 6.83. The molecule has 0 rings (SSSR count). The Morgan fingerprint density at radius 3 is 2.83 bits per heavy atom. The molecule has 0 aliphatic heterocycles. The molecule has 6 heavy (non-hydrogen) atoms. The third kappa shape index (κ3) is 3.41. The molecule has 0 radical (unpaired) electrons. The molecule has 0 heterocycles. The summed E-state index contributed by atoms with van der Waals surface area (Å²) < 4.78 is 4.51. The van der Waals surface area contributed by atoms with Gasteiger partial charge in [0.2, 0.25) is 0 Å². The first-order valence-corrected chi connectivity index (χ1v) is 1.59. The highest BCUT2D eigenvalue weighted by Crippen LogP contribution is 1.61. The summed E-state index contributed by atoms with van der Waals surface area (Å²) in [5, 5.41) is 0. The van der Waals surface area contributed by atoms with Gasteiger partial charge in [0.15, 0.2) is 0 Å². The molecule has 0 N–H and O–H groups in total. The van der Waals surface area contributed by atoms with Gasteiger partial charge in [0.1, 0.15) is 6.73 Å². The molecule has 0 bridgehead atoms. The molecule has 0 saturated heterocycles. The van der Waals surface area contributed by atoms with Gasteiger partial charge in [-0.1, -0.05) is 0 Å². The monoisotopic (exact) mass is 85.1 g/mol. The van der Waals surface area contributed by atoms with E-state index in [2.05, 4.69) is 22.2 Å². The fourth-order valence-electron chi connectivity index (χ4n) is 0.110. The lowest BCUT2D eigenvalue weighted by atomic mass is 11.1. The first-order chi connectivity index (χ1) is 2.91. The molecule has 0 unspecified atom stereocenters. The van der Waals surface area contributed by atoms with E-state index in [-0.39, 0.29) is 0 Å². The van der Waals surface area contributed by atoms with E-state index in [1.54, 1.807) is 7.11 Å². The lowest BCUT2D eigenvalue weighted by Crippen LogP contribution is -1.78. The van der Waals surface area contributed by atoms with E-state index in [1.807, 2.05) is 0 Å². The molecule has 0 aromatic carbocycles. The van der Waals surface area contributed by atoms with Gasteiger partial charge >= 0.3 is 0 Å². The second-order valence-corrected chi connectivity index (χ2v) is 0.734. The van der Waals surface area contributed by atoms with Gasteiger partial charge in [-0.2, -0.15) is 0 Å². The van der Waals surface area contributed by atoms with Crippen molar-refractivity contribution in [2.75, 3.05) is 13.8 Å². The maximum atomic E-state index is 4.51. The van der Waals surface area contributed by atoms with Crippen LogP contribution in [-0.4, -0.2) is 19.7 Å². The van der Waals surface area contributed by atoms with Crippen molar-refractivity contribution in [3.05, 3.63) is 6.58 Å². The second-order valence-electron chi connectivity index (χ2n) is 0.734. The van der Waals surface area contributed by atoms with Gasteiger partial charge in [-0.15, -0.1) is 0 Å². The molecule has 0 aliphatic carbocycles. The summed E-state index contributed by atoms with van der Waals surface area (Å²) in [6.45, 7) is 3.59. The Kier molecular flexibility index (Phi) is 3.98. The van der Waals surface area contributed by atoms with Crippen molar-refractivity contribution < 1.29 is 4.74 Å². The SMILES string of the molecule is C=C=NCOC. The number of methoxy groups -OCH3 is 1. The van der Waals surface area contributed by atoms with Crippen LogP contribution in [0, 0.1) is 0 Å². The molecule has 0 atom stereocenters. The van der Waals surface area contributed by atoms with Crippen LogP contribution in [0.5, 0.6) is 0 Å². The predicted molar refractivity (Wildman–Crippen MR) is 24.9 cm³/mol. The summed E-state index contributed by atoms with van der Waals surface area (Å²) in [5.74, 6) is 2.32. The summed E-state index contributed by atoms with van der Waals surface area (Å²) in [4.78, 5) is 3.51. The van der Waals surface area contributed by atoms with E-state index in [4.69, 9.17) is 0 Å². The van der Waals surface area contributed by atoms with E-state index in [0.29, 0.717) is 6.73 Å². The van der Waals surface area contributed by atoms with Crippen LogP contribution < -0.4 is 0 Å². The highest BCUT2D eigenvalue weighted by atomic mass is 16.5. The Balaban J connectivity index is 2.86. The molecule has 0 saturated carbocycles. The highest BCUT2D eigenvalue weighted by Gasteiger charge is 1.60. The fourth-order valence-corrected chi connectivity index (χ4v) is 0.110. The van der Waals surface area contributed by atoms with Gasteiger partial charge in [-0.25, -0.2) is 4.99 Å². The van der Waals surface area contributed by atoms with Crippen LogP contribution in [-0.2, 0) is 4.74 Å². The largest absolute Gasteiger partial charge is 0.362 e. The topological polar surface area (TPSA) is 21.6 Å². The van der Waals surface area contributed by atoms with Gasteiger partial charge < -0.3 is 4.74 Å². The summed E-state index contributed by atoms with van der Waals surface area (Å²) in [6.07, 6.45) is 0. The highest BCUT2D eigenvalue weighted by molar-refractivity contribution is 5.46. The van der Waals surface area contributed by atoms with Gasteiger partial charge in [0.05, 0.1) is 0 Å². The minimum absolute atomic E-state index is 0.365. The zero-order valence-electron chi connectivity index (χ0n) is 3.77. The molecule has 0 aromatic rings. The summed E-state index contributed by atoms with van der Waals surface area (Å²) >= 11 is 0. The van der Waals surface area contributed by atoms with Crippen molar-refractivity contribution in [3.8, 4) is 0 Å². The van der Waals surface area contributed by atoms with Crippen LogP contribution in [0.25, 0.3) is 0 Å². The van der Waals surface area contributed by atoms with Gasteiger partial charge in [-0.3, -0.25) is 0 Å². The van der Waals surface area contributed by atoms with Crippen LogP contribution in [0.15, 0.2) is 11.6 Å². The van der Waals surface area contributed by atoms with E-state index in [9.17, 15) is 0 Å². The average Bonchev–Trinajstić information content (AvgIpc) is 1.61. The molecule has 0 fully saturated rings. The first-order valence-electron chi connectivity index (χ1n) is 1.59. The van der Waals surface area contributed by atoms with Gasteiger partial charge in [0, 0.05) is 7.11 Å². The number of hydrogen-bond acceptors (Lipinski definition) is 2. The number of rotatable bonds is 2. The second kappa shape index (κ2) is 4.41. The van der Waals surface area contributed by atoms with E-state index in [1.165, 1.54) is 0 Å². The van der Waals surface area contributed by atoms with Crippen molar-refractivity contribution in [2.45, 2.75) is 0 Å². The summed E-state index contributed by atoms with van der Waals surface area (Å²) in [6, 6.07) is 0. The molecule has 2 heteroatoms. The Labute approximate surface area is 37.2 Å². The Hall–Kier alpha value is -0.590. The quantitative estimate of drug-likeness (QED) is 0.446. The maximum Gasteiger partial charge on any atom is 0.146 e. The van der Waals surface area contributed by atoms with Crippen LogP contribution in [0.4, 0.5) is 0 Å². The molecule has 34 valence electrons. The maximum absolute atomic E-state index is 4.51. The minimum atomic E-state index is 0.365. The van der Waals surface area contributed by atoms with E-state index < -0.39 is 0 Å². The Bertz CT molecular complexity index is 63.9. The predicted octanol–water partition coefficient (Wildman–Crippen LogP) is 0.446. The number of nitrogens with zero attached hydrogens (tertiary/aromatic N) is 1. The first kappa shape index (κ1) is 5.41. The molecule has 0 aliphatic rings.